The van der Waals surface area contributed by atoms with Gasteiger partial charge >= 0.3 is 0 Å². The number of likely N-dealkylation sites (tertiary alicyclic amines) is 1. The van der Waals surface area contributed by atoms with Gasteiger partial charge in [-0.1, -0.05) is 0 Å². The summed E-state index contributed by atoms with van der Waals surface area (Å²) in [6, 6.07) is 0.532. The number of hydrogen-bond acceptors (Lipinski definition) is 8. The Labute approximate surface area is 191 Å². The molecule has 0 aliphatic carbocycles. The second-order valence-electron chi connectivity index (χ2n) is 11.8. The number of aromatic nitrogens is 3. The monoisotopic (exact) mass is 452 g/mol. The van der Waals surface area contributed by atoms with Gasteiger partial charge in [0.15, 0.2) is 0 Å². The van der Waals surface area contributed by atoms with Crippen molar-refractivity contribution in [3.05, 3.63) is 4.77 Å². The van der Waals surface area contributed by atoms with Crippen LogP contribution in [0.15, 0.2) is 0 Å². The van der Waals surface area contributed by atoms with Crippen LogP contribution >= 0.6 is 12.2 Å². The highest BCUT2D eigenvalue weighted by Crippen LogP contribution is 2.39. The third kappa shape index (κ3) is 5.21. The molecule has 8 nitrogen and oxygen atoms in total. The minimum Gasteiger partial charge on any atom is -0.461 e. The number of rotatable bonds is 4. The van der Waals surface area contributed by atoms with E-state index in [2.05, 4.69) is 59.9 Å². The van der Waals surface area contributed by atoms with Gasteiger partial charge in [-0.15, -0.1) is 0 Å². The van der Waals surface area contributed by atoms with Crippen molar-refractivity contribution in [3.63, 3.8) is 0 Å². The molecule has 3 N–H and O–H groups in total. The van der Waals surface area contributed by atoms with Gasteiger partial charge in [-0.05, 0) is 87.5 Å². The number of hydroxylamine groups is 2. The Bertz CT molecular complexity index is 765. The predicted molar refractivity (Wildman–Crippen MR) is 125 cm³/mol. The normalized spacial score (nSPS) is 26.5. The molecule has 2 aliphatic heterocycles. The molecule has 0 saturated carbocycles. The van der Waals surface area contributed by atoms with Crippen LogP contribution in [0.2, 0.25) is 0 Å². The van der Waals surface area contributed by atoms with E-state index in [0.29, 0.717) is 12.0 Å². The number of hydrogen-bond donors (Lipinski definition) is 3. The second-order valence-corrected chi connectivity index (χ2v) is 12.2. The van der Waals surface area contributed by atoms with Gasteiger partial charge in [-0.25, -0.2) is 0 Å². The summed E-state index contributed by atoms with van der Waals surface area (Å²) in [5.41, 5.74) is -0.665. The molecule has 31 heavy (non-hydrogen) atoms. The molecular formula is C22H40N6O2S. The molecule has 1 aromatic rings. The van der Waals surface area contributed by atoms with Gasteiger partial charge in [0.05, 0.1) is 0 Å². The highest BCUT2D eigenvalue weighted by atomic mass is 32.1. The van der Waals surface area contributed by atoms with Crippen molar-refractivity contribution in [2.45, 2.75) is 115 Å². The predicted octanol–water partition coefficient (Wildman–Crippen LogP) is 4.39. The van der Waals surface area contributed by atoms with Crippen LogP contribution in [0.4, 0.5) is 5.95 Å². The summed E-state index contributed by atoms with van der Waals surface area (Å²) in [7, 11) is 2.18. The van der Waals surface area contributed by atoms with E-state index >= 15 is 0 Å². The SMILES string of the molecule is CN1C(C)(C)CC(Oc2nc(=S)nc(NC3CC(C)(C)N(O)C(C)(C)C3)[nH]2)CC1(C)C. The summed E-state index contributed by atoms with van der Waals surface area (Å²) in [5.74, 6) is 0.560. The molecule has 0 radical (unpaired) electrons. The molecule has 0 amide bonds. The lowest BCUT2D eigenvalue weighted by Crippen LogP contribution is -2.61. The lowest BCUT2D eigenvalue weighted by Gasteiger charge is -2.53. The van der Waals surface area contributed by atoms with E-state index in [1.54, 1.807) is 0 Å². The van der Waals surface area contributed by atoms with Crippen molar-refractivity contribution in [1.29, 1.82) is 0 Å². The van der Waals surface area contributed by atoms with E-state index in [1.807, 2.05) is 27.7 Å². The number of nitrogens with zero attached hydrogens (tertiary/aromatic N) is 4. The molecule has 0 spiro atoms. The number of anilines is 1. The van der Waals surface area contributed by atoms with Crippen LogP contribution in [0, 0.1) is 4.77 Å². The summed E-state index contributed by atoms with van der Waals surface area (Å²) >= 11 is 5.32. The fourth-order valence-electron chi connectivity index (χ4n) is 5.58. The van der Waals surface area contributed by atoms with Crippen LogP contribution in [0.1, 0.15) is 81.1 Å². The van der Waals surface area contributed by atoms with E-state index in [9.17, 15) is 5.21 Å². The van der Waals surface area contributed by atoms with Gasteiger partial charge in [0.2, 0.25) is 10.7 Å². The average molecular weight is 453 g/mol. The number of nitrogens with one attached hydrogen (secondary N) is 2. The summed E-state index contributed by atoms with van der Waals surface area (Å²) in [4.78, 5) is 14.3. The number of piperidine rings is 2. The van der Waals surface area contributed by atoms with Crippen LogP contribution in [0.25, 0.3) is 0 Å². The first kappa shape index (κ1) is 24.4. The summed E-state index contributed by atoms with van der Waals surface area (Å²) in [6.45, 7) is 17.2. The number of ether oxygens (including phenoxy) is 1. The molecule has 1 aromatic heterocycles. The maximum Gasteiger partial charge on any atom is 0.299 e. The zero-order valence-electron chi connectivity index (χ0n) is 20.5. The molecule has 0 atom stereocenters. The third-order valence-electron chi connectivity index (χ3n) is 7.16. The Kier molecular flexibility index (Phi) is 6.23. The van der Waals surface area contributed by atoms with Crippen LogP contribution in [-0.2, 0) is 0 Å². The Morgan fingerprint density at radius 2 is 1.45 bits per heavy atom. The fraction of sp³-hybridized carbons (Fsp3) is 0.864. The largest absolute Gasteiger partial charge is 0.461 e. The first-order valence-electron chi connectivity index (χ1n) is 11.2. The Morgan fingerprint density at radius 3 is 1.97 bits per heavy atom. The highest BCUT2D eigenvalue weighted by Gasteiger charge is 2.46. The zero-order chi connectivity index (χ0) is 23.4. The van der Waals surface area contributed by atoms with E-state index in [4.69, 9.17) is 17.0 Å². The van der Waals surface area contributed by atoms with Gasteiger partial charge in [0.25, 0.3) is 6.01 Å². The van der Waals surface area contributed by atoms with Crippen LogP contribution in [-0.4, -0.2) is 71.5 Å². The smallest absolute Gasteiger partial charge is 0.299 e. The highest BCUT2D eigenvalue weighted by molar-refractivity contribution is 7.71. The van der Waals surface area contributed by atoms with Crippen molar-refractivity contribution in [2.24, 2.45) is 0 Å². The first-order chi connectivity index (χ1) is 14.0. The molecule has 9 heteroatoms. The molecule has 2 saturated heterocycles. The number of H-pyrrole nitrogens is 1. The maximum atomic E-state index is 10.6. The molecular weight excluding hydrogens is 412 g/mol. The molecule has 0 aromatic carbocycles. The summed E-state index contributed by atoms with van der Waals surface area (Å²) in [5, 5.41) is 15.5. The maximum absolute atomic E-state index is 10.6. The Balaban J connectivity index is 1.76. The van der Waals surface area contributed by atoms with E-state index in [1.165, 1.54) is 5.06 Å². The quantitative estimate of drug-likeness (QED) is 0.580. The minimum atomic E-state index is -0.353. The lowest BCUT2D eigenvalue weighted by molar-refractivity contribution is -0.243. The molecule has 176 valence electrons. The molecule has 2 aliphatic rings. The minimum absolute atomic E-state index is 0.0206. The summed E-state index contributed by atoms with van der Waals surface area (Å²) < 4.78 is 6.55. The van der Waals surface area contributed by atoms with Crippen molar-refractivity contribution >= 4 is 18.2 Å². The van der Waals surface area contributed by atoms with Gasteiger partial charge in [-0.2, -0.15) is 15.0 Å². The van der Waals surface area contributed by atoms with Crippen LogP contribution in [0.5, 0.6) is 6.01 Å². The summed E-state index contributed by atoms with van der Waals surface area (Å²) in [6.07, 6.45) is 3.37. The van der Waals surface area contributed by atoms with Crippen molar-refractivity contribution in [1.82, 2.24) is 24.9 Å². The van der Waals surface area contributed by atoms with Crippen LogP contribution < -0.4 is 10.1 Å². The van der Waals surface area contributed by atoms with Crippen molar-refractivity contribution in [2.75, 3.05) is 12.4 Å². The lowest BCUT2D eigenvalue weighted by atomic mass is 9.79. The van der Waals surface area contributed by atoms with Gasteiger partial charge < -0.3 is 15.3 Å². The zero-order valence-corrected chi connectivity index (χ0v) is 21.4. The average Bonchev–Trinajstić information content (AvgIpc) is 2.56. The molecule has 3 heterocycles. The van der Waals surface area contributed by atoms with Crippen molar-refractivity contribution < 1.29 is 9.94 Å². The molecule has 3 rings (SSSR count). The Morgan fingerprint density at radius 1 is 0.935 bits per heavy atom. The van der Waals surface area contributed by atoms with E-state index in [0.717, 1.165) is 25.7 Å². The van der Waals surface area contributed by atoms with E-state index < -0.39 is 0 Å². The Hall–Kier alpha value is -1.29. The van der Waals surface area contributed by atoms with Gasteiger partial charge in [0, 0.05) is 41.0 Å². The van der Waals surface area contributed by atoms with E-state index in [-0.39, 0.29) is 39.1 Å². The molecule has 2 fully saturated rings. The molecule has 0 bridgehead atoms. The van der Waals surface area contributed by atoms with Gasteiger partial charge in [0.1, 0.15) is 6.10 Å². The van der Waals surface area contributed by atoms with Gasteiger partial charge in [-0.3, -0.25) is 9.88 Å². The molecule has 0 unspecified atom stereocenters. The number of aromatic amines is 1. The second kappa shape index (κ2) is 7.93. The third-order valence-corrected chi connectivity index (χ3v) is 7.34. The van der Waals surface area contributed by atoms with Crippen LogP contribution in [0.3, 0.4) is 0 Å². The van der Waals surface area contributed by atoms with Crippen molar-refractivity contribution in [3.8, 4) is 6.01 Å². The fourth-order valence-corrected chi connectivity index (χ4v) is 5.75. The standard InChI is InChI=1S/C22H40N6O2S/c1-19(2)12-15(13-20(3,4)27(19)9)30-17-24-16(25-18(31)26-17)23-14-10-21(5,6)28(29)22(7,8)11-14/h14-15,29H,10-13H2,1-9H3,(H2,23,24,25,26,31). The topological polar surface area (TPSA) is 89.5 Å². The first-order valence-corrected chi connectivity index (χ1v) is 11.6.